The molecule has 1 saturated carbocycles. The maximum absolute atomic E-state index is 13.3. The molecule has 6 nitrogen and oxygen atoms in total. The highest BCUT2D eigenvalue weighted by atomic mass is 35.5. The molecule has 1 saturated heterocycles. The summed E-state index contributed by atoms with van der Waals surface area (Å²) in [6, 6.07) is 9.03. The largest absolute Gasteiger partial charge is 0.371 e. The van der Waals surface area contributed by atoms with Crippen LogP contribution in [0.2, 0.25) is 5.02 Å². The van der Waals surface area contributed by atoms with E-state index in [2.05, 4.69) is 20.9 Å². The first-order chi connectivity index (χ1) is 14.0. The van der Waals surface area contributed by atoms with Crippen molar-refractivity contribution in [2.45, 2.75) is 31.7 Å². The quantitative estimate of drug-likeness (QED) is 0.666. The highest BCUT2D eigenvalue weighted by Gasteiger charge is 2.26. The highest BCUT2D eigenvalue weighted by Crippen LogP contribution is 2.29. The van der Waals surface area contributed by atoms with Crippen LogP contribution in [-0.2, 0) is 0 Å². The van der Waals surface area contributed by atoms with E-state index in [9.17, 15) is 14.0 Å². The first-order valence-electron chi connectivity index (χ1n) is 9.72. The fourth-order valence-electron chi connectivity index (χ4n) is 3.39. The van der Waals surface area contributed by atoms with Gasteiger partial charge in [-0.05, 0) is 62.1 Å². The van der Waals surface area contributed by atoms with Crippen LogP contribution in [-0.4, -0.2) is 31.1 Å². The highest BCUT2D eigenvalue weighted by molar-refractivity contribution is 6.31. The van der Waals surface area contributed by atoms with Gasteiger partial charge in [0, 0.05) is 36.2 Å². The van der Waals surface area contributed by atoms with E-state index in [1.165, 1.54) is 18.2 Å². The topological polar surface area (TPSA) is 73.5 Å². The molecule has 4 rings (SSSR count). The van der Waals surface area contributed by atoms with Crippen molar-refractivity contribution in [3.63, 3.8) is 0 Å². The molecule has 3 amide bonds. The summed E-state index contributed by atoms with van der Waals surface area (Å²) in [6.45, 7) is 1.84. The third-order valence-electron chi connectivity index (χ3n) is 5.04. The van der Waals surface area contributed by atoms with Gasteiger partial charge in [-0.15, -0.1) is 0 Å². The number of amides is 3. The maximum atomic E-state index is 13.3. The number of nitrogens with zero attached hydrogens (tertiary/aromatic N) is 1. The van der Waals surface area contributed by atoms with Gasteiger partial charge < -0.3 is 20.9 Å². The molecule has 2 fully saturated rings. The second kappa shape index (κ2) is 8.29. The molecule has 2 aromatic carbocycles. The van der Waals surface area contributed by atoms with Crippen LogP contribution in [0.5, 0.6) is 0 Å². The zero-order valence-electron chi connectivity index (χ0n) is 15.8. The Morgan fingerprint density at radius 1 is 1.00 bits per heavy atom. The van der Waals surface area contributed by atoms with Crippen LogP contribution >= 0.6 is 11.6 Å². The molecule has 3 N–H and O–H groups in total. The van der Waals surface area contributed by atoms with Gasteiger partial charge in [0.05, 0.1) is 10.6 Å². The zero-order chi connectivity index (χ0) is 20.4. The van der Waals surface area contributed by atoms with Crippen LogP contribution in [0.3, 0.4) is 0 Å². The number of rotatable bonds is 5. The maximum Gasteiger partial charge on any atom is 0.323 e. The molecule has 8 heteroatoms. The molecule has 1 aliphatic carbocycles. The average molecular weight is 417 g/mol. The van der Waals surface area contributed by atoms with Crippen molar-refractivity contribution in [3.05, 3.63) is 52.8 Å². The summed E-state index contributed by atoms with van der Waals surface area (Å²) in [5.74, 6) is -0.676. The van der Waals surface area contributed by atoms with Crippen molar-refractivity contribution in [1.82, 2.24) is 5.32 Å². The molecule has 0 unspecified atom stereocenters. The first-order valence-corrected chi connectivity index (χ1v) is 10.1. The zero-order valence-corrected chi connectivity index (χ0v) is 16.6. The summed E-state index contributed by atoms with van der Waals surface area (Å²) in [5.41, 5.74) is 2.31. The van der Waals surface area contributed by atoms with E-state index in [0.29, 0.717) is 16.9 Å². The average Bonchev–Trinajstić information content (AvgIpc) is 3.33. The first kappa shape index (κ1) is 19.5. The van der Waals surface area contributed by atoms with E-state index in [0.717, 1.165) is 44.5 Å². The number of urea groups is 1. The lowest BCUT2D eigenvalue weighted by molar-refractivity contribution is 0.0951. The predicted molar refractivity (Wildman–Crippen MR) is 112 cm³/mol. The van der Waals surface area contributed by atoms with E-state index in [4.69, 9.17) is 11.6 Å². The second-order valence-corrected chi connectivity index (χ2v) is 7.79. The molecule has 2 aromatic rings. The Bertz CT molecular complexity index is 942. The van der Waals surface area contributed by atoms with Crippen LogP contribution in [0, 0.1) is 5.82 Å². The number of carbonyl (C=O) groups excluding carboxylic acids is 2. The van der Waals surface area contributed by atoms with Gasteiger partial charge in [-0.25, -0.2) is 9.18 Å². The Kier molecular flexibility index (Phi) is 5.58. The lowest BCUT2D eigenvalue weighted by Gasteiger charge is -2.22. The molecule has 0 aromatic heterocycles. The predicted octanol–water partition coefficient (Wildman–Crippen LogP) is 4.62. The van der Waals surface area contributed by atoms with Gasteiger partial charge in [0.1, 0.15) is 5.82 Å². The monoisotopic (exact) mass is 416 g/mol. The van der Waals surface area contributed by atoms with Crippen molar-refractivity contribution in [3.8, 4) is 0 Å². The van der Waals surface area contributed by atoms with Crippen LogP contribution in [0.4, 0.5) is 26.2 Å². The summed E-state index contributed by atoms with van der Waals surface area (Å²) in [4.78, 5) is 27.3. The number of carbonyl (C=O) groups is 2. The summed E-state index contributed by atoms with van der Waals surface area (Å²) in [6.07, 6.45) is 4.22. The van der Waals surface area contributed by atoms with Crippen molar-refractivity contribution in [2.24, 2.45) is 0 Å². The van der Waals surface area contributed by atoms with E-state index >= 15 is 0 Å². The molecular weight excluding hydrogens is 395 g/mol. The molecule has 1 aliphatic heterocycles. The fourth-order valence-corrected chi connectivity index (χ4v) is 3.57. The van der Waals surface area contributed by atoms with Crippen LogP contribution in [0.25, 0.3) is 0 Å². The number of benzene rings is 2. The Balaban J connectivity index is 1.51. The normalized spacial score (nSPS) is 15.9. The Morgan fingerprint density at radius 2 is 1.66 bits per heavy atom. The number of nitrogens with one attached hydrogen (secondary N) is 3. The van der Waals surface area contributed by atoms with Crippen molar-refractivity contribution in [2.75, 3.05) is 28.6 Å². The summed E-state index contributed by atoms with van der Waals surface area (Å²) in [5, 5.41) is 8.28. The third kappa shape index (κ3) is 4.79. The van der Waals surface area contributed by atoms with E-state index < -0.39 is 11.8 Å². The number of hydrogen-bond acceptors (Lipinski definition) is 3. The molecule has 2 aliphatic rings. The fraction of sp³-hybridized carbons (Fsp3) is 0.333. The lowest BCUT2D eigenvalue weighted by Crippen LogP contribution is -2.29. The van der Waals surface area contributed by atoms with Crippen molar-refractivity contribution >= 4 is 40.6 Å². The summed E-state index contributed by atoms with van der Waals surface area (Å²) in [7, 11) is 0. The lowest BCUT2D eigenvalue weighted by atomic mass is 10.1. The van der Waals surface area contributed by atoms with Gasteiger partial charge in [0.2, 0.25) is 0 Å². The summed E-state index contributed by atoms with van der Waals surface area (Å²) < 4.78 is 13.3. The minimum absolute atomic E-state index is 0.0724. The molecular formula is C21H22ClFN4O2. The standard InChI is InChI=1S/C21H22ClFN4O2/c22-17-12-15(5-7-18(17)23)26-21(29)25-14-6-8-19(27-9-1-2-10-27)16(11-14)20(28)24-13-3-4-13/h5-8,11-13H,1-4,9-10H2,(H,24,28)(H2,25,26,29). The number of anilines is 3. The third-order valence-corrected chi connectivity index (χ3v) is 5.33. The Morgan fingerprint density at radius 3 is 2.31 bits per heavy atom. The van der Waals surface area contributed by atoms with Crippen molar-refractivity contribution < 1.29 is 14.0 Å². The summed E-state index contributed by atoms with van der Waals surface area (Å²) >= 11 is 5.74. The van der Waals surface area contributed by atoms with E-state index in [1.54, 1.807) is 12.1 Å². The minimum atomic E-state index is -0.554. The van der Waals surface area contributed by atoms with Gasteiger partial charge in [-0.2, -0.15) is 0 Å². The molecule has 0 bridgehead atoms. The van der Waals surface area contributed by atoms with Gasteiger partial charge in [0.15, 0.2) is 0 Å². The molecule has 29 heavy (non-hydrogen) atoms. The SMILES string of the molecule is O=C(Nc1ccc(F)c(Cl)c1)Nc1ccc(N2CCCC2)c(C(=O)NC2CC2)c1. The van der Waals surface area contributed by atoms with Crippen LogP contribution in [0.1, 0.15) is 36.0 Å². The molecule has 0 spiro atoms. The van der Waals surface area contributed by atoms with Gasteiger partial charge in [0.25, 0.3) is 5.91 Å². The number of hydrogen-bond donors (Lipinski definition) is 3. The Labute approximate surface area is 173 Å². The molecule has 1 heterocycles. The number of halogens is 2. The molecule has 0 radical (unpaired) electrons. The van der Waals surface area contributed by atoms with E-state index in [-0.39, 0.29) is 17.0 Å². The van der Waals surface area contributed by atoms with Gasteiger partial charge >= 0.3 is 6.03 Å². The van der Waals surface area contributed by atoms with Gasteiger partial charge in [-0.1, -0.05) is 11.6 Å². The van der Waals surface area contributed by atoms with Crippen LogP contribution in [0.15, 0.2) is 36.4 Å². The molecule has 152 valence electrons. The van der Waals surface area contributed by atoms with Crippen LogP contribution < -0.4 is 20.9 Å². The Hall–Kier alpha value is -2.80. The second-order valence-electron chi connectivity index (χ2n) is 7.38. The molecule has 0 atom stereocenters. The van der Waals surface area contributed by atoms with Gasteiger partial charge in [-0.3, -0.25) is 4.79 Å². The van der Waals surface area contributed by atoms with E-state index in [1.807, 2.05) is 6.07 Å². The minimum Gasteiger partial charge on any atom is -0.371 e. The van der Waals surface area contributed by atoms with Crippen molar-refractivity contribution in [1.29, 1.82) is 0 Å². The smallest absolute Gasteiger partial charge is 0.323 e.